The number of carbonyl (C=O) groups is 1. The predicted molar refractivity (Wildman–Crippen MR) is 75.8 cm³/mol. The minimum atomic E-state index is -1.07. The number of nitrogens with zero attached hydrogens (tertiary/aromatic N) is 2. The fourth-order valence-electron chi connectivity index (χ4n) is 1.79. The van der Waals surface area contributed by atoms with Crippen LogP contribution in [-0.4, -0.2) is 27.5 Å². The highest BCUT2D eigenvalue weighted by atomic mass is 16.5. The molecule has 1 N–H and O–H groups in total. The molecule has 1 aromatic heterocycles. The molecule has 0 unspecified atom stereocenters. The Bertz CT molecular complexity index is 600. The summed E-state index contributed by atoms with van der Waals surface area (Å²) in [5, 5.41) is 13.3. The van der Waals surface area contributed by atoms with Gasteiger partial charge in [0, 0.05) is 11.8 Å². The third-order valence-corrected chi connectivity index (χ3v) is 3.18. The van der Waals surface area contributed by atoms with E-state index in [4.69, 9.17) is 4.74 Å². The van der Waals surface area contributed by atoms with E-state index < -0.39 is 11.5 Å². The van der Waals surface area contributed by atoms with Gasteiger partial charge in [-0.05, 0) is 38.5 Å². The molecule has 106 valence electrons. The van der Waals surface area contributed by atoms with E-state index in [1.54, 1.807) is 26.2 Å². The number of hydrogen-bond acceptors (Lipinski definition) is 3. The van der Waals surface area contributed by atoms with Crippen LogP contribution < -0.4 is 4.74 Å². The van der Waals surface area contributed by atoms with Gasteiger partial charge in [-0.3, -0.25) is 4.68 Å². The van der Waals surface area contributed by atoms with Gasteiger partial charge in [0.1, 0.15) is 5.75 Å². The Kier molecular flexibility index (Phi) is 3.79. The zero-order valence-corrected chi connectivity index (χ0v) is 11.8. The quantitative estimate of drug-likeness (QED) is 0.910. The molecular weight excluding hydrogens is 256 g/mol. The molecule has 1 heterocycles. The van der Waals surface area contributed by atoms with Crippen molar-refractivity contribution in [2.45, 2.75) is 26.3 Å². The van der Waals surface area contributed by atoms with Gasteiger partial charge >= 0.3 is 5.97 Å². The number of hydrogen-bond donors (Lipinski definition) is 1. The summed E-state index contributed by atoms with van der Waals surface area (Å²) in [4.78, 5) is 11.2. The summed E-state index contributed by atoms with van der Waals surface area (Å²) in [6, 6.07) is 7.64. The summed E-state index contributed by atoms with van der Waals surface area (Å²) >= 11 is 0. The summed E-state index contributed by atoms with van der Waals surface area (Å²) in [6.45, 7) is 5.80. The van der Waals surface area contributed by atoms with Crippen LogP contribution in [0.4, 0.5) is 0 Å². The number of rotatable bonds is 5. The van der Waals surface area contributed by atoms with Crippen LogP contribution in [0, 0.1) is 0 Å². The summed E-state index contributed by atoms with van der Waals surface area (Å²) < 4.78 is 6.85. The van der Waals surface area contributed by atoms with Gasteiger partial charge in [-0.15, -0.1) is 0 Å². The summed E-state index contributed by atoms with van der Waals surface area (Å²) in [6.07, 6.45) is 3.41. The van der Waals surface area contributed by atoms with Crippen molar-refractivity contribution in [3.8, 4) is 16.9 Å². The molecule has 5 nitrogen and oxygen atoms in total. The Morgan fingerprint density at radius 2 is 1.95 bits per heavy atom. The van der Waals surface area contributed by atoms with Crippen LogP contribution in [0.1, 0.15) is 20.8 Å². The number of aliphatic carboxylic acids is 1. The first-order valence-electron chi connectivity index (χ1n) is 6.47. The first kappa shape index (κ1) is 14.1. The minimum absolute atomic E-state index is 0.629. The first-order chi connectivity index (χ1) is 9.45. The van der Waals surface area contributed by atoms with Crippen LogP contribution in [0.15, 0.2) is 36.7 Å². The molecule has 0 aliphatic carbocycles. The van der Waals surface area contributed by atoms with Crippen LogP contribution in [0.2, 0.25) is 0 Å². The Morgan fingerprint density at radius 1 is 1.30 bits per heavy atom. The molecule has 5 heteroatoms. The SMILES string of the molecule is CCOc1ccc(-c2cnn(C(C)(C)C(=O)O)c2)cc1. The van der Waals surface area contributed by atoms with Gasteiger partial charge < -0.3 is 9.84 Å². The van der Waals surface area contributed by atoms with Gasteiger partial charge in [0.2, 0.25) is 0 Å². The van der Waals surface area contributed by atoms with Crippen LogP contribution in [-0.2, 0) is 10.3 Å². The second-order valence-corrected chi connectivity index (χ2v) is 5.00. The van der Waals surface area contributed by atoms with Crippen LogP contribution in [0.3, 0.4) is 0 Å². The predicted octanol–water partition coefficient (Wildman–Crippen LogP) is 2.77. The molecule has 2 aromatic rings. The Balaban J connectivity index is 2.26. The topological polar surface area (TPSA) is 64.4 Å². The van der Waals surface area contributed by atoms with Gasteiger partial charge in [0.25, 0.3) is 0 Å². The van der Waals surface area contributed by atoms with E-state index in [2.05, 4.69) is 5.10 Å². The van der Waals surface area contributed by atoms with Crippen LogP contribution in [0.25, 0.3) is 11.1 Å². The molecule has 2 rings (SSSR count). The van der Waals surface area contributed by atoms with E-state index in [-0.39, 0.29) is 0 Å². The maximum Gasteiger partial charge on any atom is 0.331 e. The van der Waals surface area contributed by atoms with Crippen molar-refractivity contribution in [1.82, 2.24) is 9.78 Å². The van der Waals surface area contributed by atoms with Crippen molar-refractivity contribution in [3.63, 3.8) is 0 Å². The maximum atomic E-state index is 11.2. The molecule has 0 aliphatic heterocycles. The van der Waals surface area contributed by atoms with Crippen molar-refractivity contribution >= 4 is 5.97 Å². The first-order valence-corrected chi connectivity index (χ1v) is 6.47. The molecule has 0 amide bonds. The highest BCUT2D eigenvalue weighted by Crippen LogP contribution is 2.24. The van der Waals surface area contributed by atoms with E-state index in [1.807, 2.05) is 31.2 Å². The minimum Gasteiger partial charge on any atom is -0.494 e. The van der Waals surface area contributed by atoms with E-state index >= 15 is 0 Å². The van der Waals surface area contributed by atoms with Crippen molar-refractivity contribution in [3.05, 3.63) is 36.7 Å². The van der Waals surface area contributed by atoms with Gasteiger partial charge in [-0.1, -0.05) is 12.1 Å². The van der Waals surface area contributed by atoms with Crippen molar-refractivity contribution in [1.29, 1.82) is 0 Å². The lowest BCUT2D eigenvalue weighted by Crippen LogP contribution is -2.35. The van der Waals surface area contributed by atoms with Gasteiger partial charge in [0.15, 0.2) is 5.54 Å². The van der Waals surface area contributed by atoms with E-state index in [0.29, 0.717) is 6.61 Å². The summed E-state index contributed by atoms with van der Waals surface area (Å²) in [7, 11) is 0. The molecule has 0 bridgehead atoms. The largest absolute Gasteiger partial charge is 0.494 e. The highest BCUT2D eigenvalue weighted by molar-refractivity contribution is 5.76. The molecule has 0 saturated heterocycles. The third-order valence-electron chi connectivity index (χ3n) is 3.18. The molecular formula is C15H18N2O3. The summed E-state index contributed by atoms with van der Waals surface area (Å²) in [5.74, 6) is -0.103. The zero-order chi connectivity index (χ0) is 14.8. The fraction of sp³-hybridized carbons (Fsp3) is 0.333. The number of aromatic nitrogens is 2. The van der Waals surface area contributed by atoms with Crippen LogP contribution in [0.5, 0.6) is 5.75 Å². The Labute approximate surface area is 117 Å². The third kappa shape index (κ3) is 2.66. The van der Waals surface area contributed by atoms with Gasteiger partial charge in [-0.2, -0.15) is 5.10 Å². The van der Waals surface area contributed by atoms with Crippen LogP contribution >= 0.6 is 0 Å². The standard InChI is InChI=1S/C15H18N2O3/c1-4-20-13-7-5-11(6-8-13)12-9-16-17(10-12)15(2,3)14(18)19/h5-10H,4H2,1-3H3,(H,18,19). The monoisotopic (exact) mass is 274 g/mol. The number of benzene rings is 1. The van der Waals surface area contributed by atoms with E-state index in [1.165, 1.54) is 4.68 Å². The lowest BCUT2D eigenvalue weighted by atomic mass is 10.1. The molecule has 0 fully saturated rings. The molecule has 0 radical (unpaired) electrons. The average Bonchev–Trinajstić information content (AvgIpc) is 2.90. The number of ether oxygens (including phenoxy) is 1. The molecule has 20 heavy (non-hydrogen) atoms. The normalized spacial score (nSPS) is 11.3. The zero-order valence-electron chi connectivity index (χ0n) is 11.8. The second-order valence-electron chi connectivity index (χ2n) is 5.00. The second kappa shape index (κ2) is 5.36. The number of carboxylic acid groups (broad SMARTS) is 1. The van der Waals surface area contributed by atoms with Crippen molar-refractivity contribution in [2.24, 2.45) is 0 Å². The van der Waals surface area contributed by atoms with Crippen molar-refractivity contribution in [2.75, 3.05) is 6.61 Å². The molecule has 0 spiro atoms. The molecule has 0 saturated carbocycles. The van der Waals surface area contributed by atoms with E-state index in [9.17, 15) is 9.90 Å². The van der Waals surface area contributed by atoms with Crippen molar-refractivity contribution < 1.29 is 14.6 Å². The lowest BCUT2D eigenvalue weighted by Gasteiger charge is -2.19. The maximum absolute atomic E-state index is 11.2. The average molecular weight is 274 g/mol. The molecule has 1 aromatic carbocycles. The summed E-state index contributed by atoms with van der Waals surface area (Å²) in [5.41, 5.74) is 0.784. The Hall–Kier alpha value is -2.30. The smallest absolute Gasteiger partial charge is 0.331 e. The molecule has 0 aliphatic rings. The van der Waals surface area contributed by atoms with Gasteiger partial charge in [0.05, 0.1) is 12.8 Å². The molecule has 0 atom stereocenters. The highest BCUT2D eigenvalue weighted by Gasteiger charge is 2.30. The Morgan fingerprint density at radius 3 is 2.50 bits per heavy atom. The number of carboxylic acids is 1. The lowest BCUT2D eigenvalue weighted by molar-refractivity contribution is -0.146. The van der Waals surface area contributed by atoms with Gasteiger partial charge in [-0.25, -0.2) is 4.79 Å². The van der Waals surface area contributed by atoms with E-state index in [0.717, 1.165) is 16.9 Å². The fourth-order valence-corrected chi connectivity index (χ4v) is 1.79.